The quantitative estimate of drug-likeness (QED) is 0.623. The van der Waals surface area contributed by atoms with Crippen molar-refractivity contribution in [3.8, 4) is 0 Å². The molecule has 1 saturated heterocycles. The van der Waals surface area contributed by atoms with Gasteiger partial charge in [0.15, 0.2) is 0 Å². The number of hydrogen-bond donors (Lipinski definition) is 0. The molecule has 0 aliphatic carbocycles. The lowest BCUT2D eigenvalue weighted by molar-refractivity contribution is -0.151. The number of amides is 1. The summed E-state index contributed by atoms with van der Waals surface area (Å²) in [4.78, 5) is 29.7. The largest absolute Gasteiger partial charge is 0.455 e. The third-order valence-electron chi connectivity index (χ3n) is 4.05. The minimum absolute atomic E-state index is 0.146. The first-order valence-electron chi connectivity index (χ1n) is 8.33. The second-order valence-corrected chi connectivity index (χ2v) is 7.17. The zero-order valence-electron chi connectivity index (χ0n) is 14.9. The molecule has 1 amide bonds. The molecule has 2 rings (SSSR count). The number of carbonyl (C=O) groups is 2. The highest BCUT2D eigenvalue weighted by atomic mass is 16.6. The van der Waals surface area contributed by atoms with Gasteiger partial charge in [0.1, 0.15) is 12.2 Å². The van der Waals surface area contributed by atoms with Crippen LogP contribution < -0.4 is 0 Å². The van der Waals surface area contributed by atoms with Crippen LogP contribution in [0.25, 0.3) is 4.85 Å². The second kappa shape index (κ2) is 7.56. The smallest absolute Gasteiger partial charge is 0.410 e. The van der Waals surface area contributed by atoms with Crippen LogP contribution in [-0.2, 0) is 20.9 Å². The first-order chi connectivity index (χ1) is 11.8. The van der Waals surface area contributed by atoms with Gasteiger partial charge in [0.2, 0.25) is 0 Å². The topological polar surface area (TPSA) is 60.2 Å². The van der Waals surface area contributed by atoms with E-state index in [4.69, 9.17) is 16.0 Å². The van der Waals surface area contributed by atoms with Gasteiger partial charge < -0.3 is 14.4 Å². The lowest BCUT2D eigenvalue weighted by atomic mass is 9.88. The number of likely N-dealkylation sites (tertiary alicyclic amines) is 1. The molecule has 6 nitrogen and oxygen atoms in total. The van der Waals surface area contributed by atoms with Crippen molar-refractivity contribution in [2.75, 3.05) is 13.1 Å². The highest BCUT2D eigenvalue weighted by Gasteiger charge is 2.50. The molecule has 1 fully saturated rings. The van der Waals surface area contributed by atoms with Gasteiger partial charge in [-0.15, -0.1) is 0 Å². The average molecular weight is 344 g/mol. The Balaban J connectivity index is 1.93. The van der Waals surface area contributed by atoms with Crippen LogP contribution in [0.1, 0.15) is 39.2 Å². The van der Waals surface area contributed by atoms with Crippen molar-refractivity contribution in [3.63, 3.8) is 0 Å². The molecule has 0 bridgehead atoms. The molecule has 0 atom stereocenters. The molecule has 1 aliphatic rings. The molecule has 0 N–H and O–H groups in total. The van der Waals surface area contributed by atoms with Crippen molar-refractivity contribution in [2.24, 2.45) is 0 Å². The monoisotopic (exact) mass is 344 g/mol. The number of piperidine rings is 1. The third-order valence-corrected chi connectivity index (χ3v) is 4.05. The van der Waals surface area contributed by atoms with Crippen LogP contribution in [0.5, 0.6) is 0 Å². The molecule has 134 valence electrons. The number of hydrogen-bond acceptors (Lipinski definition) is 4. The van der Waals surface area contributed by atoms with E-state index < -0.39 is 23.2 Å². The summed E-state index contributed by atoms with van der Waals surface area (Å²) in [5, 5.41) is 0. The molecule has 1 aliphatic heterocycles. The first kappa shape index (κ1) is 18.8. The van der Waals surface area contributed by atoms with Crippen molar-refractivity contribution in [3.05, 3.63) is 47.3 Å². The maximum Gasteiger partial charge on any atom is 0.410 e. The summed E-state index contributed by atoms with van der Waals surface area (Å²) in [6.45, 7) is 13.6. The Morgan fingerprint density at radius 1 is 1.20 bits per heavy atom. The van der Waals surface area contributed by atoms with Crippen molar-refractivity contribution in [1.29, 1.82) is 0 Å². The molecule has 0 saturated carbocycles. The van der Waals surface area contributed by atoms with Gasteiger partial charge >= 0.3 is 17.6 Å². The summed E-state index contributed by atoms with van der Waals surface area (Å²) in [7, 11) is 0. The number of benzene rings is 1. The fourth-order valence-corrected chi connectivity index (χ4v) is 2.60. The zero-order chi connectivity index (χ0) is 18.5. The van der Waals surface area contributed by atoms with Gasteiger partial charge in [-0.25, -0.2) is 16.2 Å². The summed E-state index contributed by atoms with van der Waals surface area (Å²) in [5.74, 6) is -0.518. The highest BCUT2D eigenvalue weighted by Crippen LogP contribution is 2.29. The molecule has 6 heteroatoms. The number of ether oxygens (including phenoxy) is 2. The van der Waals surface area contributed by atoms with E-state index in [1.54, 1.807) is 25.7 Å². The Kier molecular flexibility index (Phi) is 5.68. The van der Waals surface area contributed by atoms with E-state index in [-0.39, 0.29) is 19.4 Å². The van der Waals surface area contributed by atoms with Gasteiger partial charge in [-0.1, -0.05) is 30.3 Å². The predicted molar refractivity (Wildman–Crippen MR) is 92.6 cm³/mol. The Hall–Kier alpha value is -2.55. The Morgan fingerprint density at radius 2 is 1.80 bits per heavy atom. The van der Waals surface area contributed by atoms with Crippen LogP contribution >= 0.6 is 0 Å². The summed E-state index contributed by atoms with van der Waals surface area (Å²) >= 11 is 0. The summed E-state index contributed by atoms with van der Waals surface area (Å²) in [5.41, 5.74) is -0.907. The minimum atomic E-state index is -1.21. The van der Waals surface area contributed by atoms with Gasteiger partial charge in [0.25, 0.3) is 0 Å². The Morgan fingerprint density at radius 3 is 2.32 bits per heavy atom. The average Bonchev–Trinajstić information content (AvgIpc) is 2.59. The lowest BCUT2D eigenvalue weighted by Gasteiger charge is -2.33. The SMILES string of the molecule is [C-]#[N+]C1(C(=O)OCc2ccccc2)CCN(C(=O)OC(C)(C)C)CC1. The van der Waals surface area contributed by atoms with Gasteiger partial charge in [-0.2, -0.15) is 0 Å². The van der Waals surface area contributed by atoms with Crippen molar-refractivity contribution >= 4 is 12.1 Å². The molecule has 0 radical (unpaired) electrons. The molecule has 25 heavy (non-hydrogen) atoms. The second-order valence-electron chi connectivity index (χ2n) is 7.17. The summed E-state index contributed by atoms with van der Waals surface area (Å²) in [6, 6.07) is 9.35. The Labute approximate surface area is 148 Å². The maximum atomic E-state index is 12.5. The third kappa shape index (κ3) is 4.96. The molecule has 1 aromatic rings. The summed E-state index contributed by atoms with van der Waals surface area (Å²) < 4.78 is 10.7. The van der Waals surface area contributed by atoms with Crippen molar-refractivity contribution < 1.29 is 19.1 Å². The fourth-order valence-electron chi connectivity index (χ4n) is 2.60. The Bertz CT molecular complexity index is 650. The van der Waals surface area contributed by atoms with Gasteiger partial charge in [0, 0.05) is 13.1 Å². The normalized spacial score (nSPS) is 16.6. The molecular weight excluding hydrogens is 320 g/mol. The van der Waals surface area contributed by atoms with E-state index >= 15 is 0 Å². The van der Waals surface area contributed by atoms with E-state index in [2.05, 4.69) is 4.85 Å². The van der Waals surface area contributed by atoms with Gasteiger partial charge in [-0.3, -0.25) is 4.85 Å². The molecule has 0 aromatic heterocycles. The maximum absolute atomic E-state index is 12.5. The first-order valence-corrected chi connectivity index (χ1v) is 8.33. The van der Waals surface area contributed by atoms with E-state index in [1.165, 1.54) is 0 Å². The van der Waals surface area contributed by atoms with Crippen LogP contribution in [0, 0.1) is 6.57 Å². The standard InChI is InChI=1S/C19H24N2O4/c1-18(2,3)25-17(23)21-12-10-19(20-4,11-13-21)16(22)24-14-15-8-6-5-7-9-15/h5-9H,10-14H2,1-3H3. The fraction of sp³-hybridized carbons (Fsp3) is 0.526. The van der Waals surface area contributed by atoms with Crippen LogP contribution in [0.2, 0.25) is 0 Å². The number of nitrogens with zero attached hydrogens (tertiary/aromatic N) is 2. The predicted octanol–water partition coefficient (Wildman–Crippen LogP) is 3.42. The van der Waals surface area contributed by atoms with Crippen molar-refractivity contribution in [1.82, 2.24) is 4.90 Å². The van der Waals surface area contributed by atoms with Crippen molar-refractivity contribution in [2.45, 2.75) is 51.4 Å². The van der Waals surface area contributed by atoms with E-state index in [0.29, 0.717) is 13.1 Å². The van der Waals surface area contributed by atoms with Gasteiger partial charge in [0.05, 0.1) is 12.8 Å². The molecule has 1 heterocycles. The van der Waals surface area contributed by atoms with Crippen LogP contribution in [0.3, 0.4) is 0 Å². The van der Waals surface area contributed by atoms with Crippen LogP contribution in [-0.4, -0.2) is 41.2 Å². The lowest BCUT2D eigenvalue weighted by Crippen LogP contribution is -2.50. The van der Waals surface area contributed by atoms with E-state index in [1.807, 2.05) is 30.3 Å². The van der Waals surface area contributed by atoms with E-state index in [9.17, 15) is 9.59 Å². The van der Waals surface area contributed by atoms with E-state index in [0.717, 1.165) is 5.56 Å². The van der Waals surface area contributed by atoms with Crippen LogP contribution in [0.15, 0.2) is 30.3 Å². The number of carbonyl (C=O) groups excluding carboxylic acids is 2. The molecular formula is C19H24N2O4. The van der Waals surface area contributed by atoms with Crippen LogP contribution in [0.4, 0.5) is 4.79 Å². The number of esters is 1. The zero-order valence-corrected chi connectivity index (χ0v) is 14.9. The van der Waals surface area contributed by atoms with Gasteiger partial charge in [-0.05, 0) is 26.3 Å². The summed E-state index contributed by atoms with van der Waals surface area (Å²) in [6.07, 6.45) is 0.0935. The molecule has 0 spiro atoms. The minimum Gasteiger partial charge on any atom is -0.455 e. The number of rotatable bonds is 3. The molecule has 0 unspecified atom stereocenters. The highest BCUT2D eigenvalue weighted by molar-refractivity contribution is 5.83. The molecule has 1 aromatic carbocycles.